The first kappa shape index (κ1) is 22.2. The molecule has 1 aromatic carbocycles. The zero-order valence-electron chi connectivity index (χ0n) is 18.9. The summed E-state index contributed by atoms with van der Waals surface area (Å²) in [7, 11) is 0. The number of nitrogens with one attached hydrogen (secondary N) is 1. The third-order valence-electron chi connectivity index (χ3n) is 7.34. The minimum Gasteiger partial charge on any atom is -0.489 e. The van der Waals surface area contributed by atoms with Crippen LogP contribution in [0.25, 0.3) is 10.9 Å². The maximum Gasteiger partial charge on any atom is 0.341 e. The van der Waals surface area contributed by atoms with Gasteiger partial charge >= 0.3 is 5.97 Å². The van der Waals surface area contributed by atoms with E-state index in [2.05, 4.69) is 10.3 Å². The fourth-order valence-corrected chi connectivity index (χ4v) is 5.25. The van der Waals surface area contributed by atoms with Crippen molar-refractivity contribution in [2.75, 3.05) is 24.2 Å². The van der Waals surface area contributed by atoms with Gasteiger partial charge in [-0.1, -0.05) is 13.0 Å². The van der Waals surface area contributed by atoms with Gasteiger partial charge in [-0.05, 0) is 44.2 Å². The molecule has 3 aromatic rings. The minimum absolute atomic E-state index is 0.0299. The average molecular weight is 467 g/mol. The number of aromatic carboxylic acids is 1. The third kappa shape index (κ3) is 3.29. The molecule has 1 saturated carbocycles. The zero-order chi connectivity index (χ0) is 24.0. The zero-order valence-corrected chi connectivity index (χ0v) is 18.9. The Hall–Kier alpha value is -3.62. The van der Waals surface area contributed by atoms with Gasteiger partial charge in [-0.3, -0.25) is 9.78 Å². The van der Waals surface area contributed by atoms with Crippen LogP contribution in [0, 0.1) is 11.7 Å². The van der Waals surface area contributed by atoms with Crippen LogP contribution < -0.4 is 21.2 Å². The van der Waals surface area contributed by atoms with Crippen LogP contribution in [-0.4, -0.2) is 33.8 Å². The van der Waals surface area contributed by atoms with E-state index in [0.29, 0.717) is 31.5 Å². The number of halogens is 1. The number of nitrogens with zero attached hydrogens (tertiary/aromatic N) is 2. The molecule has 2 aliphatic rings. The number of rotatable bonds is 6. The summed E-state index contributed by atoms with van der Waals surface area (Å²) in [5.74, 6) is -1.92. The molecule has 0 radical (unpaired) electrons. The van der Waals surface area contributed by atoms with Gasteiger partial charge in [-0.25, -0.2) is 9.18 Å². The summed E-state index contributed by atoms with van der Waals surface area (Å²) in [5.41, 5.74) is 5.58. The molecule has 4 N–H and O–H groups in total. The van der Waals surface area contributed by atoms with Crippen LogP contribution in [0.1, 0.15) is 48.7 Å². The Kier molecular flexibility index (Phi) is 5.42. The molecular weight excluding hydrogens is 439 g/mol. The Balaban J connectivity index is 1.64. The van der Waals surface area contributed by atoms with Crippen LogP contribution >= 0.6 is 0 Å². The molecule has 1 unspecified atom stereocenters. The molecule has 178 valence electrons. The first-order valence-electron chi connectivity index (χ1n) is 11.6. The number of anilines is 2. The number of aryl methyl sites for hydroxylation is 1. The van der Waals surface area contributed by atoms with Crippen molar-refractivity contribution in [2.45, 2.75) is 44.6 Å². The molecule has 0 amide bonds. The maximum absolute atomic E-state index is 15.5. The third-order valence-corrected chi connectivity index (χ3v) is 7.34. The number of carboxylic acids is 1. The van der Waals surface area contributed by atoms with Crippen molar-refractivity contribution in [3.8, 4) is 5.75 Å². The SMILES string of the molecule is CC1COc2c(NCCCc3ccccn3)c(F)c(N)c3c(=O)c(C(=O)O)cn(c23)C12CCC2. The predicted molar refractivity (Wildman–Crippen MR) is 127 cm³/mol. The van der Waals surface area contributed by atoms with Gasteiger partial charge in [0, 0.05) is 30.6 Å². The first-order valence-corrected chi connectivity index (χ1v) is 11.6. The van der Waals surface area contributed by atoms with Gasteiger partial charge in [0.05, 0.1) is 28.7 Å². The second-order valence-electron chi connectivity index (χ2n) is 9.22. The summed E-state index contributed by atoms with van der Waals surface area (Å²) in [6.07, 6.45) is 7.14. The Labute approximate surface area is 195 Å². The van der Waals surface area contributed by atoms with Crippen molar-refractivity contribution in [3.63, 3.8) is 0 Å². The summed E-state index contributed by atoms with van der Waals surface area (Å²) in [5, 5.41) is 12.7. The number of nitrogens with two attached hydrogens (primary N) is 1. The van der Waals surface area contributed by atoms with Gasteiger partial charge < -0.3 is 25.5 Å². The number of carbonyl (C=O) groups is 1. The lowest BCUT2D eigenvalue weighted by atomic mass is 9.68. The van der Waals surface area contributed by atoms with E-state index in [0.717, 1.165) is 25.0 Å². The maximum atomic E-state index is 15.5. The Morgan fingerprint density at radius 3 is 2.85 bits per heavy atom. The number of hydrogen-bond acceptors (Lipinski definition) is 6. The number of fused-ring (bicyclic) bond motifs is 1. The molecule has 0 saturated heterocycles. The lowest BCUT2D eigenvalue weighted by Gasteiger charge is -2.47. The second-order valence-corrected chi connectivity index (χ2v) is 9.22. The van der Waals surface area contributed by atoms with Crippen molar-refractivity contribution in [1.29, 1.82) is 0 Å². The molecule has 9 heteroatoms. The molecular formula is C25H27FN4O4. The highest BCUT2D eigenvalue weighted by molar-refractivity contribution is 6.03. The molecule has 0 bridgehead atoms. The Morgan fingerprint density at radius 2 is 2.21 bits per heavy atom. The lowest BCUT2D eigenvalue weighted by molar-refractivity contribution is 0.0527. The van der Waals surface area contributed by atoms with Gasteiger partial charge in [-0.2, -0.15) is 0 Å². The van der Waals surface area contributed by atoms with Gasteiger partial charge in [0.25, 0.3) is 0 Å². The number of nitrogen functional groups attached to an aromatic ring is 1. The summed E-state index contributed by atoms with van der Waals surface area (Å²) < 4.78 is 23.5. The Morgan fingerprint density at radius 1 is 1.41 bits per heavy atom. The van der Waals surface area contributed by atoms with Crippen LogP contribution in [0.2, 0.25) is 0 Å². The minimum atomic E-state index is -1.36. The smallest absolute Gasteiger partial charge is 0.341 e. The van der Waals surface area contributed by atoms with Gasteiger partial charge in [0.15, 0.2) is 11.6 Å². The van der Waals surface area contributed by atoms with Crippen LogP contribution in [-0.2, 0) is 12.0 Å². The highest BCUT2D eigenvalue weighted by atomic mass is 19.1. The predicted octanol–water partition coefficient (Wildman–Crippen LogP) is 3.77. The van der Waals surface area contributed by atoms with Gasteiger partial charge in [-0.15, -0.1) is 0 Å². The van der Waals surface area contributed by atoms with Crippen molar-refractivity contribution in [1.82, 2.24) is 9.55 Å². The molecule has 8 nitrogen and oxygen atoms in total. The van der Waals surface area contributed by atoms with E-state index in [1.54, 1.807) is 6.20 Å². The quantitative estimate of drug-likeness (QED) is 0.374. The van der Waals surface area contributed by atoms with Crippen molar-refractivity contribution in [2.24, 2.45) is 5.92 Å². The summed E-state index contributed by atoms with van der Waals surface area (Å²) >= 11 is 0. The van der Waals surface area contributed by atoms with Crippen LogP contribution in [0.15, 0.2) is 35.4 Å². The summed E-state index contributed by atoms with van der Waals surface area (Å²) in [6, 6.07) is 5.71. The number of ether oxygens (including phenoxy) is 1. The number of hydrogen-bond donors (Lipinski definition) is 3. The first-order chi connectivity index (χ1) is 16.3. The molecule has 1 atom stereocenters. The molecule has 5 rings (SSSR count). The fourth-order valence-electron chi connectivity index (χ4n) is 5.25. The van der Waals surface area contributed by atoms with Crippen molar-refractivity contribution >= 4 is 28.2 Å². The topological polar surface area (TPSA) is 119 Å². The normalized spacial score (nSPS) is 18.2. The molecule has 3 heterocycles. The molecule has 1 spiro atoms. The summed E-state index contributed by atoms with van der Waals surface area (Å²) in [6.45, 7) is 2.79. The van der Waals surface area contributed by atoms with E-state index in [1.165, 1.54) is 6.20 Å². The number of aromatic nitrogens is 2. The van der Waals surface area contributed by atoms with E-state index in [4.69, 9.17) is 10.5 Å². The van der Waals surface area contributed by atoms with E-state index < -0.39 is 28.3 Å². The summed E-state index contributed by atoms with van der Waals surface area (Å²) in [4.78, 5) is 29.3. The van der Waals surface area contributed by atoms with Gasteiger partial charge in [0.2, 0.25) is 5.43 Å². The molecule has 2 aromatic heterocycles. The van der Waals surface area contributed by atoms with E-state index in [-0.39, 0.29) is 28.4 Å². The number of benzene rings is 1. The van der Waals surface area contributed by atoms with Gasteiger partial charge in [0.1, 0.15) is 11.3 Å². The lowest BCUT2D eigenvalue weighted by Crippen LogP contribution is -2.47. The van der Waals surface area contributed by atoms with Crippen LogP contribution in [0.3, 0.4) is 0 Å². The molecule has 34 heavy (non-hydrogen) atoms. The monoisotopic (exact) mass is 466 g/mol. The standard InChI is InChI=1S/C25H27FN4O4/c1-14-13-34-23-20(29-11-4-7-15-6-2-3-10-28-15)18(26)19(27)17-21(23)30(25(14)8-5-9-25)12-16(22(17)31)24(32)33/h2-3,6,10,12,14,29H,4-5,7-9,11,13,27H2,1H3,(H,32,33). The van der Waals surface area contributed by atoms with Crippen LogP contribution in [0.4, 0.5) is 15.8 Å². The van der Waals surface area contributed by atoms with Crippen molar-refractivity contribution in [3.05, 3.63) is 57.9 Å². The molecule has 1 fully saturated rings. The molecule has 1 aliphatic carbocycles. The van der Waals surface area contributed by atoms with E-state index in [9.17, 15) is 14.7 Å². The van der Waals surface area contributed by atoms with Crippen molar-refractivity contribution < 1.29 is 19.0 Å². The molecule has 1 aliphatic heterocycles. The largest absolute Gasteiger partial charge is 0.489 e. The second kappa shape index (κ2) is 8.30. The van der Waals surface area contributed by atoms with Crippen LogP contribution in [0.5, 0.6) is 5.75 Å². The number of pyridine rings is 2. The average Bonchev–Trinajstić information content (AvgIpc) is 2.92. The highest BCUT2D eigenvalue weighted by Crippen LogP contribution is 2.52. The number of carboxylic acid groups (broad SMARTS) is 1. The Bertz CT molecular complexity index is 1330. The highest BCUT2D eigenvalue weighted by Gasteiger charge is 2.47. The fraction of sp³-hybridized carbons (Fsp3) is 0.400. The van der Waals surface area contributed by atoms with E-state index in [1.807, 2.05) is 29.7 Å². The van der Waals surface area contributed by atoms with E-state index >= 15 is 4.39 Å².